The third-order valence-corrected chi connectivity index (χ3v) is 1.86. The number of nitrogen functional groups attached to an aromatic ring is 1. The number of ether oxygens (including phenoxy) is 1. The molecule has 0 aliphatic carbocycles. The fourth-order valence-corrected chi connectivity index (χ4v) is 1.18. The van der Waals surface area contributed by atoms with Gasteiger partial charge in [-0.25, -0.2) is 9.37 Å². The van der Waals surface area contributed by atoms with Crippen molar-refractivity contribution < 1.29 is 32.2 Å². The largest absolute Gasteiger partial charge is 0.573 e. The van der Waals surface area contributed by atoms with Gasteiger partial charge in [0.1, 0.15) is 12.5 Å². The van der Waals surface area contributed by atoms with Gasteiger partial charge in [0.05, 0.1) is 12.1 Å². The maximum Gasteiger partial charge on any atom is 0.573 e. The maximum absolute atomic E-state index is 12.4. The van der Waals surface area contributed by atoms with E-state index in [1.165, 1.54) is 0 Å². The fourth-order valence-electron chi connectivity index (χ4n) is 1.18. The van der Waals surface area contributed by atoms with E-state index in [1.54, 1.807) is 0 Å². The van der Waals surface area contributed by atoms with Crippen LogP contribution in [0, 0.1) is 0 Å². The van der Waals surface area contributed by atoms with Gasteiger partial charge in [-0.3, -0.25) is 4.79 Å². The molecule has 0 saturated carbocycles. The number of aromatic nitrogens is 1. The van der Waals surface area contributed by atoms with Crippen molar-refractivity contribution >= 4 is 11.8 Å². The lowest BCUT2D eigenvalue weighted by Crippen LogP contribution is -2.20. The Hall–Kier alpha value is -2.06. The molecule has 0 saturated heterocycles. The zero-order valence-corrected chi connectivity index (χ0v) is 8.79. The minimum Gasteiger partial charge on any atom is -0.481 e. The predicted molar refractivity (Wildman–Crippen MR) is 51.5 cm³/mol. The molecule has 1 aromatic heterocycles. The molecule has 0 bridgehead atoms. The van der Waals surface area contributed by atoms with E-state index in [0.29, 0.717) is 6.07 Å². The third-order valence-electron chi connectivity index (χ3n) is 1.86. The first-order chi connectivity index (χ1) is 8.23. The molecule has 0 aromatic carbocycles. The fraction of sp³-hybridized carbons (Fsp3) is 0.333. The lowest BCUT2D eigenvalue weighted by Gasteiger charge is -2.13. The highest BCUT2D eigenvalue weighted by molar-refractivity contribution is 5.71. The van der Waals surface area contributed by atoms with Crippen LogP contribution in [0.15, 0.2) is 6.07 Å². The first-order valence-corrected chi connectivity index (χ1v) is 4.54. The van der Waals surface area contributed by atoms with E-state index < -0.39 is 36.9 Å². The van der Waals surface area contributed by atoms with Crippen molar-refractivity contribution in [2.75, 3.05) is 5.73 Å². The van der Waals surface area contributed by atoms with Gasteiger partial charge in [-0.2, -0.15) is 0 Å². The molecule has 0 fully saturated rings. The summed E-state index contributed by atoms with van der Waals surface area (Å²) in [4.78, 5) is 13.9. The van der Waals surface area contributed by atoms with Crippen LogP contribution >= 0.6 is 0 Å². The van der Waals surface area contributed by atoms with Crippen molar-refractivity contribution in [1.82, 2.24) is 4.98 Å². The molecule has 0 spiro atoms. The summed E-state index contributed by atoms with van der Waals surface area (Å²) in [7, 11) is 0. The van der Waals surface area contributed by atoms with E-state index in [9.17, 15) is 22.4 Å². The summed E-state index contributed by atoms with van der Waals surface area (Å²) in [6.45, 7) is -1.14. The summed E-state index contributed by atoms with van der Waals surface area (Å²) in [5.41, 5.74) is 4.44. The first-order valence-electron chi connectivity index (χ1n) is 4.54. The Bertz CT molecular complexity index is 462. The molecule has 0 radical (unpaired) electrons. The van der Waals surface area contributed by atoms with Crippen LogP contribution in [0.4, 0.5) is 23.4 Å². The number of carbonyl (C=O) groups is 1. The summed E-state index contributed by atoms with van der Waals surface area (Å²) in [5.74, 6) is -2.66. The molecule has 0 atom stereocenters. The molecule has 9 heteroatoms. The van der Waals surface area contributed by atoms with Crippen LogP contribution in [-0.4, -0.2) is 22.4 Å². The molecule has 3 N–H and O–H groups in total. The number of pyridine rings is 1. The second-order valence-corrected chi connectivity index (χ2v) is 3.23. The zero-order valence-electron chi connectivity index (χ0n) is 8.79. The second kappa shape index (κ2) is 5.07. The minimum absolute atomic E-state index is 0.302. The minimum atomic E-state index is -5.03. The van der Waals surface area contributed by atoms with Crippen LogP contribution in [0.1, 0.15) is 11.3 Å². The number of nitrogens with two attached hydrogens (primary N) is 1. The lowest BCUT2D eigenvalue weighted by atomic mass is 10.2. The molecule has 1 heterocycles. The highest BCUT2D eigenvalue weighted by Gasteiger charge is 2.33. The van der Waals surface area contributed by atoms with Crippen molar-refractivity contribution in [2.24, 2.45) is 0 Å². The average molecular weight is 268 g/mol. The molecule has 0 aliphatic heterocycles. The molecule has 1 rings (SSSR count). The predicted octanol–water partition coefficient (Wildman–Crippen LogP) is 1.66. The Morgan fingerprint density at radius 2 is 2.11 bits per heavy atom. The number of alkyl halides is 4. The van der Waals surface area contributed by atoms with Crippen molar-refractivity contribution in [1.29, 1.82) is 0 Å². The highest BCUT2D eigenvalue weighted by atomic mass is 19.4. The Balaban J connectivity index is 3.21. The van der Waals surface area contributed by atoms with E-state index >= 15 is 0 Å². The lowest BCUT2D eigenvalue weighted by molar-refractivity contribution is -0.275. The number of hydrogen-bond donors (Lipinski definition) is 2. The monoisotopic (exact) mass is 268 g/mol. The Morgan fingerprint density at radius 1 is 1.50 bits per heavy atom. The van der Waals surface area contributed by atoms with Crippen molar-refractivity contribution in [2.45, 2.75) is 19.5 Å². The van der Waals surface area contributed by atoms with E-state index in [2.05, 4.69) is 9.72 Å². The van der Waals surface area contributed by atoms with Crippen LogP contribution in [0.5, 0.6) is 5.75 Å². The third kappa shape index (κ3) is 3.75. The average Bonchev–Trinajstić information content (AvgIpc) is 2.19. The molecular formula is C9H8F4N2O3. The van der Waals surface area contributed by atoms with Gasteiger partial charge in [0.2, 0.25) is 0 Å². The molecular weight excluding hydrogens is 260 g/mol. The molecule has 1 aromatic rings. The van der Waals surface area contributed by atoms with Crippen molar-refractivity contribution in [3.63, 3.8) is 0 Å². The zero-order chi connectivity index (χ0) is 13.9. The number of anilines is 1. The van der Waals surface area contributed by atoms with Crippen molar-refractivity contribution in [3.8, 4) is 5.75 Å². The van der Waals surface area contributed by atoms with Gasteiger partial charge in [-0.15, -0.1) is 13.2 Å². The summed E-state index contributed by atoms with van der Waals surface area (Å²) >= 11 is 0. The van der Waals surface area contributed by atoms with E-state index in [-0.39, 0.29) is 11.4 Å². The number of carboxylic acids is 1. The summed E-state index contributed by atoms with van der Waals surface area (Å²) in [6, 6.07) is 0.689. The summed E-state index contributed by atoms with van der Waals surface area (Å²) < 4.78 is 52.2. The van der Waals surface area contributed by atoms with Crippen LogP contribution in [0.3, 0.4) is 0 Å². The van der Waals surface area contributed by atoms with Gasteiger partial charge in [-0.1, -0.05) is 0 Å². The first kappa shape index (κ1) is 14.0. The summed E-state index contributed by atoms with van der Waals surface area (Å²) in [6.07, 6.45) is -5.85. The smallest absolute Gasteiger partial charge is 0.481 e. The molecule has 0 unspecified atom stereocenters. The van der Waals surface area contributed by atoms with Gasteiger partial charge in [0.15, 0.2) is 5.75 Å². The van der Waals surface area contributed by atoms with Gasteiger partial charge in [-0.05, 0) is 6.07 Å². The standard InChI is InChI=1S/C9H8F4N2O3/c10-3-4-1-6(18-9(11,12)13)5(2-7(16)17)15-8(4)14/h1H,2-3H2,(H2,14,15)(H,16,17). The number of halogens is 4. The van der Waals surface area contributed by atoms with Gasteiger partial charge >= 0.3 is 12.3 Å². The molecule has 18 heavy (non-hydrogen) atoms. The van der Waals surface area contributed by atoms with Crippen LogP contribution in [-0.2, 0) is 17.9 Å². The quantitative estimate of drug-likeness (QED) is 0.811. The Labute approximate surface area is 98.2 Å². The van der Waals surface area contributed by atoms with Gasteiger partial charge in [0.25, 0.3) is 0 Å². The number of aliphatic carboxylic acids is 1. The number of rotatable bonds is 4. The molecule has 0 amide bonds. The van der Waals surface area contributed by atoms with E-state index in [1.807, 2.05) is 0 Å². The van der Waals surface area contributed by atoms with E-state index in [0.717, 1.165) is 0 Å². The Kier molecular flexibility index (Phi) is 3.94. The Morgan fingerprint density at radius 3 is 2.56 bits per heavy atom. The molecule has 100 valence electrons. The van der Waals surface area contributed by atoms with E-state index in [4.69, 9.17) is 10.8 Å². The van der Waals surface area contributed by atoms with Gasteiger partial charge < -0.3 is 15.6 Å². The number of hydrogen-bond acceptors (Lipinski definition) is 4. The SMILES string of the molecule is Nc1nc(CC(=O)O)c(OC(F)(F)F)cc1CF. The summed E-state index contributed by atoms with van der Waals surface area (Å²) in [5, 5.41) is 8.52. The van der Waals surface area contributed by atoms with Crippen LogP contribution < -0.4 is 10.5 Å². The van der Waals surface area contributed by atoms with Crippen LogP contribution in [0.25, 0.3) is 0 Å². The normalized spacial score (nSPS) is 11.3. The topological polar surface area (TPSA) is 85.4 Å². The van der Waals surface area contributed by atoms with Crippen LogP contribution in [0.2, 0.25) is 0 Å². The number of nitrogens with zero attached hydrogens (tertiary/aromatic N) is 1. The molecule has 5 nitrogen and oxygen atoms in total. The van der Waals surface area contributed by atoms with Crippen molar-refractivity contribution in [3.05, 3.63) is 17.3 Å². The molecule has 0 aliphatic rings. The number of carboxylic acid groups (broad SMARTS) is 1. The highest BCUT2D eigenvalue weighted by Crippen LogP contribution is 2.29. The second-order valence-electron chi connectivity index (χ2n) is 3.23. The maximum atomic E-state index is 12.4. The van der Waals surface area contributed by atoms with Gasteiger partial charge in [0, 0.05) is 5.56 Å².